The van der Waals surface area contributed by atoms with Crippen LogP contribution < -0.4 is 5.32 Å². The Hall–Kier alpha value is -0.940. The van der Waals surface area contributed by atoms with E-state index >= 15 is 0 Å². The average molecular weight is 241 g/mol. The predicted octanol–water partition coefficient (Wildman–Crippen LogP) is 1.21. The van der Waals surface area contributed by atoms with Crippen LogP contribution in [0, 0.1) is 0 Å². The van der Waals surface area contributed by atoms with Crippen LogP contribution in [-0.2, 0) is 6.54 Å². The molecule has 0 aromatic carbocycles. The van der Waals surface area contributed by atoms with Crippen molar-refractivity contribution in [2.24, 2.45) is 0 Å². The van der Waals surface area contributed by atoms with E-state index in [1.54, 1.807) is 12.5 Å². The van der Waals surface area contributed by atoms with Crippen molar-refractivity contribution in [1.82, 2.24) is 19.7 Å². The van der Waals surface area contributed by atoms with Crippen LogP contribution in [0.1, 0.15) is 5.69 Å². The van der Waals surface area contributed by atoms with E-state index in [2.05, 4.69) is 31.2 Å². The molecule has 0 fully saturated rings. The normalized spacial score (nSPS) is 10.9. The van der Waals surface area contributed by atoms with Gasteiger partial charge in [-0.05, 0) is 29.0 Å². The Kier molecular flexibility index (Phi) is 2.28. The predicted molar refractivity (Wildman–Crippen MR) is 53.5 cm³/mol. The smallest absolute Gasteiger partial charge is 0.140 e. The number of nitrogens with one attached hydrogen (secondary N) is 1. The summed E-state index contributed by atoms with van der Waals surface area (Å²) in [5.74, 6) is 0. The van der Waals surface area contributed by atoms with E-state index in [0.29, 0.717) is 0 Å². The molecule has 2 aromatic rings. The third kappa shape index (κ3) is 1.45. The van der Waals surface area contributed by atoms with E-state index in [1.165, 1.54) is 0 Å². The Morgan fingerprint density at radius 3 is 3.15 bits per heavy atom. The fourth-order valence-corrected chi connectivity index (χ4v) is 1.70. The number of halogens is 1. The van der Waals surface area contributed by atoms with Crippen molar-refractivity contribution in [2.45, 2.75) is 6.54 Å². The second-order valence-corrected chi connectivity index (χ2v) is 3.44. The number of hydrogen-bond donors (Lipinski definition) is 1. The van der Waals surface area contributed by atoms with E-state index in [9.17, 15) is 0 Å². The van der Waals surface area contributed by atoms with E-state index in [1.807, 2.05) is 17.5 Å². The fraction of sp³-hybridized carbons (Fsp3) is 0.250. The van der Waals surface area contributed by atoms with Crippen LogP contribution in [0.25, 0.3) is 5.65 Å². The van der Waals surface area contributed by atoms with Gasteiger partial charge in [0.2, 0.25) is 0 Å². The summed E-state index contributed by atoms with van der Waals surface area (Å²) in [5, 5.41) is 3.06. The van der Waals surface area contributed by atoms with Gasteiger partial charge in [0.1, 0.15) is 16.6 Å². The summed E-state index contributed by atoms with van der Waals surface area (Å²) in [6.07, 6.45) is 3.48. The molecule has 0 aliphatic carbocycles. The molecule has 0 aliphatic heterocycles. The van der Waals surface area contributed by atoms with Gasteiger partial charge in [0.05, 0.1) is 5.69 Å². The van der Waals surface area contributed by atoms with Crippen molar-refractivity contribution in [2.75, 3.05) is 7.05 Å². The third-order valence-electron chi connectivity index (χ3n) is 1.78. The van der Waals surface area contributed by atoms with Gasteiger partial charge in [0.15, 0.2) is 0 Å². The summed E-state index contributed by atoms with van der Waals surface area (Å²) in [4.78, 5) is 8.44. The van der Waals surface area contributed by atoms with E-state index < -0.39 is 0 Å². The highest BCUT2D eigenvalue weighted by molar-refractivity contribution is 9.10. The number of nitrogens with zero attached hydrogens (tertiary/aromatic N) is 3. The van der Waals surface area contributed by atoms with E-state index in [0.717, 1.165) is 22.5 Å². The minimum absolute atomic E-state index is 0.752. The lowest BCUT2D eigenvalue weighted by Crippen LogP contribution is -2.05. The molecule has 0 amide bonds. The summed E-state index contributed by atoms with van der Waals surface area (Å²) < 4.78 is 2.87. The van der Waals surface area contributed by atoms with Crippen LogP contribution in [0.4, 0.5) is 0 Å². The number of aromatic nitrogens is 3. The lowest BCUT2D eigenvalue weighted by atomic mass is 10.5. The Balaban J connectivity index is 2.60. The zero-order valence-corrected chi connectivity index (χ0v) is 8.74. The summed E-state index contributed by atoms with van der Waals surface area (Å²) in [5.41, 5.74) is 1.91. The monoisotopic (exact) mass is 240 g/mol. The molecule has 0 unspecified atom stereocenters. The SMILES string of the molecule is CNCc1nc2ccncn2c1Br. The first-order valence-corrected chi connectivity index (χ1v) is 4.73. The first kappa shape index (κ1) is 8.65. The van der Waals surface area contributed by atoms with Crippen molar-refractivity contribution in [3.8, 4) is 0 Å². The molecule has 0 atom stereocenters. The maximum atomic E-state index is 4.42. The molecule has 0 radical (unpaired) electrons. The summed E-state index contributed by atoms with van der Waals surface area (Å²) in [6, 6.07) is 1.88. The number of hydrogen-bond acceptors (Lipinski definition) is 3. The maximum Gasteiger partial charge on any atom is 0.140 e. The molecule has 0 bridgehead atoms. The number of rotatable bonds is 2. The molecule has 5 heteroatoms. The third-order valence-corrected chi connectivity index (χ3v) is 2.62. The molecule has 0 spiro atoms. The van der Waals surface area contributed by atoms with Crippen LogP contribution in [0.2, 0.25) is 0 Å². The molecule has 0 saturated carbocycles. The Bertz CT molecular complexity index is 423. The first-order valence-electron chi connectivity index (χ1n) is 3.94. The molecule has 2 heterocycles. The second-order valence-electron chi connectivity index (χ2n) is 2.69. The quantitative estimate of drug-likeness (QED) is 0.859. The van der Waals surface area contributed by atoms with Gasteiger partial charge in [-0.1, -0.05) is 0 Å². The van der Waals surface area contributed by atoms with E-state index in [-0.39, 0.29) is 0 Å². The first-order chi connectivity index (χ1) is 6.33. The Labute approximate surface area is 84.1 Å². The molecule has 0 aliphatic rings. The van der Waals surface area contributed by atoms with Crippen LogP contribution in [0.5, 0.6) is 0 Å². The minimum atomic E-state index is 0.752. The summed E-state index contributed by atoms with van der Waals surface area (Å²) in [6.45, 7) is 0.752. The standard InChI is InChI=1S/C8H9BrN4/c1-10-4-6-8(9)13-5-11-3-2-7(13)12-6/h2-3,5,10H,4H2,1H3. The van der Waals surface area contributed by atoms with Crippen LogP contribution >= 0.6 is 15.9 Å². The van der Waals surface area contributed by atoms with Crippen molar-refractivity contribution < 1.29 is 0 Å². The molecule has 1 N–H and O–H groups in total. The van der Waals surface area contributed by atoms with Crippen LogP contribution in [0.15, 0.2) is 23.2 Å². The number of fused-ring (bicyclic) bond motifs is 1. The van der Waals surface area contributed by atoms with Gasteiger partial charge in [0.25, 0.3) is 0 Å². The minimum Gasteiger partial charge on any atom is -0.314 e. The van der Waals surface area contributed by atoms with Crippen LogP contribution in [0.3, 0.4) is 0 Å². The van der Waals surface area contributed by atoms with Gasteiger partial charge >= 0.3 is 0 Å². The summed E-state index contributed by atoms with van der Waals surface area (Å²) in [7, 11) is 1.90. The Morgan fingerprint density at radius 1 is 1.62 bits per heavy atom. The zero-order valence-electron chi connectivity index (χ0n) is 7.16. The van der Waals surface area contributed by atoms with E-state index in [4.69, 9.17) is 0 Å². The molecule has 13 heavy (non-hydrogen) atoms. The molecular weight excluding hydrogens is 232 g/mol. The van der Waals surface area contributed by atoms with Gasteiger partial charge in [-0.15, -0.1) is 0 Å². The lowest BCUT2D eigenvalue weighted by Gasteiger charge is -1.94. The highest BCUT2D eigenvalue weighted by Crippen LogP contribution is 2.17. The number of imidazole rings is 1. The van der Waals surface area contributed by atoms with Crippen molar-refractivity contribution in [3.05, 3.63) is 28.9 Å². The van der Waals surface area contributed by atoms with Crippen molar-refractivity contribution in [1.29, 1.82) is 0 Å². The molecule has 2 aromatic heterocycles. The second kappa shape index (κ2) is 3.43. The molecule has 68 valence electrons. The maximum absolute atomic E-state index is 4.42. The average Bonchev–Trinajstić information content (AvgIpc) is 2.46. The largest absolute Gasteiger partial charge is 0.314 e. The highest BCUT2D eigenvalue weighted by atomic mass is 79.9. The highest BCUT2D eigenvalue weighted by Gasteiger charge is 2.07. The van der Waals surface area contributed by atoms with Gasteiger partial charge in [0, 0.05) is 12.7 Å². The fourth-order valence-electron chi connectivity index (χ4n) is 1.20. The topological polar surface area (TPSA) is 42.2 Å². The lowest BCUT2D eigenvalue weighted by molar-refractivity contribution is 0.793. The molecular formula is C8H9BrN4. The molecule has 0 saturated heterocycles. The zero-order chi connectivity index (χ0) is 9.26. The van der Waals surface area contributed by atoms with Crippen LogP contribution in [-0.4, -0.2) is 21.4 Å². The summed E-state index contributed by atoms with van der Waals surface area (Å²) >= 11 is 3.47. The molecule has 4 nitrogen and oxygen atoms in total. The van der Waals surface area contributed by atoms with Gasteiger partial charge in [-0.3, -0.25) is 4.40 Å². The van der Waals surface area contributed by atoms with Crippen molar-refractivity contribution >= 4 is 21.6 Å². The Morgan fingerprint density at radius 2 is 2.46 bits per heavy atom. The van der Waals surface area contributed by atoms with Crippen molar-refractivity contribution in [3.63, 3.8) is 0 Å². The van der Waals surface area contributed by atoms with Gasteiger partial charge in [-0.25, -0.2) is 9.97 Å². The molecule has 2 rings (SSSR count). The van der Waals surface area contributed by atoms with Gasteiger partial charge < -0.3 is 5.32 Å². The van der Waals surface area contributed by atoms with Gasteiger partial charge in [-0.2, -0.15) is 0 Å².